The highest BCUT2D eigenvalue weighted by atomic mass is 16.6. The molecule has 0 atom stereocenters. The number of rotatable bonds is 9. The Hall–Kier alpha value is -3.55. The standard InChI is InChI=1S/C24H31N3O5/c1-24(2,3)32-23(31)27-20-10-8-7-9-19(20)26-22(30)12-6-4-5-11-21(29)25-17-13-15-18(28)16-14-17/h7-10,13-16,28H,4-6,11-12H2,1-3H3,(H,25,29)(H,26,30)(H,27,31). The Kier molecular flexibility index (Phi) is 9.07. The zero-order valence-corrected chi connectivity index (χ0v) is 18.7. The molecule has 4 N–H and O–H groups in total. The quantitative estimate of drug-likeness (QED) is 0.312. The van der Waals surface area contributed by atoms with E-state index in [4.69, 9.17) is 4.74 Å². The number of benzene rings is 2. The van der Waals surface area contributed by atoms with E-state index in [1.165, 1.54) is 12.1 Å². The van der Waals surface area contributed by atoms with Crippen LogP contribution in [0, 0.1) is 0 Å². The third-order valence-electron chi connectivity index (χ3n) is 4.30. The van der Waals surface area contributed by atoms with Crippen molar-refractivity contribution >= 4 is 35.0 Å². The molecule has 0 fully saturated rings. The Bertz CT molecular complexity index is 920. The Morgan fingerprint density at radius 1 is 0.781 bits per heavy atom. The van der Waals surface area contributed by atoms with Crippen LogP contribution in [0.5, 0.6) is 5.75 Å². The molecular formula is C24H31N3O5. The van der Waals surface area contributed by atoms with Gasteiger partial charge in [-0.2, -0.15) is 0 Å². The van der Waals surface area contributed by atoms with E-state index in [1.54, 1.807) is 57.2 Å². The number of unbranched alkanes of at least 4 members (excludes halogenated alkanes) is 2. The predicted molar refractivity (Wildman–Crippen MR) is 125 cm³/mol. The van der Waals surface area contributed by atoms with Crippen molar-refractivity contribution < 1.29 is 24.2 Å². The summed E-state index contributed by atoms with van der Waals surface area (Å²) in [4.78, 5) is 36.2. The average molecular weight is 442 g/mol. The SMILES string of the molecule is CC(C)(C)OC(=O)Nc1ccccc1NC(=O)CCCCCC(=O)Nc1ccc(O)cc1. The highest BCUT2D eigenvalue weighted by molar-refractivity contribution is 5.97. The van der Waals surface area contributed by atoms with Crippen LogP contribution in [0.15, 0.2) is 48.5 Å². The highest BCUT2D eigenvalue weighted by Crippen LogP contribution is 2.22. The van der Waals surface area contributed by atoms with Crippen LogP contribution in [0.3, 0.4) is 0 Å². The summed E-state index contributed by atoms with van der Waals surface area (Å²) in [6, 6.07) is 13.2. The number of para-hydroxylation sites is 2. The van der Waals surface area contributed by atoms with E-state index in [9.17, 15) is 19.5 Å². The number of phenols is 1. The summed E-state index contributed by atoms with van der Waals surface area (Å²) in [5.41, 5.74) is 0.965. The molecule has 0 aliphatic carbocycles. The van der Waals surface area contributed by atoms with Crippen LogP contribution in [0.1, 0.15) is 52.9 Å². The smallest absolute Gasteiger partial charge is 0.412 e. The number of hydrogen-bond donors (Lipinski definition) is 4. The average Bonchev–Trinajstić information content (AvgIpc) is 2.69. The summed E-state index contributed by atoms with van der Waals surface area (Å²) in [5.74, 6) is -0.135. The molecule has 8 nitrogen and oxygen atoms in total. The van der Waals surface area contributed by atoms with E-state index in [0.717, 1.165) is 6.42 Å². The fourth-order valence-electron chi connectivity index (χ4n) is 2.84. The highest BCUT2D eigenvalue weighted by Gasteiger charge is 2.17. The Morgan fingerprint density at radius 2 is 1.31 bits per heavy atom. The molecule has 0 aromatic heterocycles. The van der Waals surface area contributed by atoms with Gasteiger partial charge in [0.2, 0.25) is 11.8 Å². The molecule has 0 saturated heterocycles. The molecule has 2 aromatic rings. The van der Waals surface area contributed by atoms with Crippen molar-refractivity contribution in [3.05, 3.63) is 48.5 Å². The lowest BCUT2D eigenvalue weighted by atomic mass is 10.1. The summed E-state index contributed by atoms with van der Waals surface area (Å²) in [6.45, 7) is 5.33. The van der Waals surface area contributed by atoms with Gasteiger partial charge in [-0.1, -0.05) is 18.6 Å². The molecular weight excluding hydrogens is 410 g/mol. The number of carbonyl (C=O) groups excluding carboxylic acids is 3. The lowest BCUT2D eigenvalue weighted by molar-refractivity contribution is -0.116. The normalized spacial score (nSPS) is 10.8. The Balaban J connectivity index is 1.70. The number of phenolic OH excluding ortho intramolecular Hbond substituents is 1. The topological polar surface area (TPSA) is 117 Å². The zero-order valence-electron chi connectivity index (χ0n) is 18.7. The number of ether oxygens (including phenoxy) is 1. The second-order valence-corrected chi connectivity index (χ2v) is 8.38. The van der Waals surface area contributed by atoms with Gasteiger partial charge >= 0.3 is 6.09 Å². The van der Waals surface area contributed by atoms with Gasteiger partial charge in [-0.25, -0.2) is 4.79 Å². The van der Waals surface area contributed by atoms with Gasteiger partial charge in [0.05, 0.1) is 11.4 Å². The molecule has 3 amide bonds. The molecule has 2 rings (SSSR count). The fraction of sp³-hybridized carbons (Fsp3) is 0.375. The first kappa shape index (κ1) is 24.7. The maximum absolute atomic E-state index is 12.3. The number of amides is 3. The van der Waals surface area contributed by atoms with Crippen LogP contribution in [-0.4, -0.2) is 28.6 Å². The van der Waals surface area contributed by atoms with Gasteiger partial charge in [0, 0.05) is 18.5 Å². The lowest BCUT2D eigenvalue weighted by Gasteiger charge is -2.20. The minimum atomic E-state index is -0.622. The number of nitrogens with one attached hydrogen (secondary N) is 3. The second kappa shape index (κ2) is 11.7. The molecule has 8 heteroatoms. The molecule has 172 valence electrons. The van der Waals surface area contributed by atoms with Crippen LogP contribution in [0.4, 0.5) is 21.9 Å². The first-order chi connectivity index (χ1) is 15.1. The van der Waals surface area contributed by atoms with Gasteiger partial charge in [-0.15, -0.1) is 0 Å². The molecule has 2 aromatic carbocycles. The van der Waals surface area contributed by atoms with Crippen molar-refractivity contribution in [1.29, 1.82) is 0 Å². The van der Waals surface area contributed by atoms with Gasteiger partial charge in [0.25, 0.3) is 0 Å². The molecule has 0 saturated carbocycles. The largest absolute Gasteiger partial charge is 0.508 e. The van der Waals surface area contributed by atoms with Crippen molar-refractivity contribution in [1.82, 2.24) is 0 Å². The maximum Gasteiger partial charge on any atom is 0.412 e. The van der Waals surface area contributed by atoms with Crippen LogP contribution in [0.25, 0.3) is 0 Å². The second-order valence-electron chi connectivity index (χ2n) is 8.38. The molecule has 0 unspecified atom stereocenters. The molecule has 0 heterocycles. The lowest BCUT2D eigenvalue weighted by Crippen LogP contribution is -2.27. The minimum Gasteiger partial charge on any atom is -0.508 e. The van der Waals surface area contributed by atoms with Crippen molar-refractivity contribution in [3.63, 3.8) is 0 Å². The minimum absolute atomic E-state index is 0.109. The summed E-state index contributed by atoms with van der Waals surface area (Å²) in [6.07, 6.45) is 2.10. The van der Waals surface area contributed by atoms with Crippen LogP contribution >= 0.6 is 0 Å². The third-order valence-corrected chi connectivity index (χ3v) is 4.30. The first-order valence-corrected chi connectivity index (χ1v) is 10.6. The number of carbonyl (C=O) groups is 3. The fourth-order valence-corrected chi connectivity index (χ4v) is 2.84. The zero-order chi connectivity index (χ0) is 23.6. The van der Waals surface area contributed by atoms with Gasteiger partial charge < -0.3 is 20.5 Å². The Morgan fingerprint density at radius 3 is 1.88 bits per heavy atom. The van der Waals surface area contributed by atoms with E-state index in [1.807, 2.05) is 0 Å². The number of anilines is 3. The third kappa shape index (κ3) is 9.51. The monoisotopic (exact) mass is 441 g/mol. The summed E-state index contributed by atoms with van der Waals surface area (Å²) >= 11 is 0. The van der Waals surface area contributed by atoms with Crippen LogP contribution < -0.4 is 16.0 Å². The van der Waals surface area contributed by atoms with Crippen molar-refractivity contribution in [2.24, 2.45) is 0 Å². The molecule has 0 radical (unpaired) electrons. The van der Waals surface area contributed by atoms with Crippen molar-refractivity contribution in [2.45, 2.75) is 58.5 Å². The van der Waals surface area contributed by atoms with Gasteiger partial charge in [0.1, 0.15) is 11.4 Å². The van der Waals surface area contributed by atoms with Gasteiger partial charge in [-0.3, -0.25) is 14.9 Å². The van der Waals surface area contributed by atoms with Crippen LogP contribution in [-0.2, 0) is 14.3 Å². The predicted octanol–water partition coefficient (Wildman–Crippen LogP) is 5.27. The summed E-state index contributed by atoms with van der Waals surface area (Å²) in [7, 11) is 0. The van der Waals surface area contributed by atoms with Crippen molar-refractivity contribution in [2.75, 3.05) is 16.0 Å². The molecule has 32 heavy (non-hydrogen) atoms. The molecule has 0 aliphatic rings. The van der Waals surface area contributed by atoms with Crippen LogP contribution in [0.2, 0.25) is 0 Å². The van der Waals surface area contributed by atoms with Crippen molar-refractivity contribution in [3.8, 4) is 5.75 Å². The number of hydrogen-bond acceptors (Lipinski definition) is 5. The summed E-state index contributed by atoms with van der Waals surface area (Å²) in [5, 5.41) is 17.5. The summed E-state index contributed by atoms with van der Waals surface area (Å²) < 4.78 is 5.25. The number of aromatic hydroxyl groups is 1. The molecule has 0 aliphatic heterocycles. The first-order valence-electron chi connectivity index (χ1n) is 10.6. The van der Waals surface area contributed by atoms with Gasteiger partial charge in [-0.05, 0) is 70.0 Å². The van der Waals surface area contributed by atoms with E-state index in [2.05, 4.69) is 16.0 Å². The van der Waals surface area contributed by atoms with Gasteiger partial charge in [0.15, 0.2) is 0 Å². The molecule has 0 bridgehead atoms. The molecule has 0 spiro atoms. The van der Waals surface area contributed by atoms with E-state index in [0.29, 0.717) is 42.7 Å². The van der Waals surface area contributed by atoms with E-state index in [-0.39, 0.29) is 17.6 Å². The van der Waals surface area contributed by atoms with E-state index >= 15 is 0 Å². The van der Waals surface area contributed by atoms with E-state index < -0.39 is 11.7 Å². The maximum atomic E-state index is 12.3. The Labute approximate surface area is 188 Å².